The van der Waals surface area contributed by atoms with E-state index in [0.29, 0.717) is 38.3 Å². The Kier molecular flexibility index (Phi) is 4.81. The quantitative estimate of drug-likeness (QED) is 0.795. The van der Waals surface area contributed by atoms with Crippen molar-refractivity contribution in [2.45, 2.75) is 13.3 Å². The van der Waals surface area contributed by atoms with Crippen LogP contribution in [0, 0.1) is 0 Å². The highest BCUT2D eigenvalue weighted by atomic mass is 16.2. The van der Waals surface area contributed by atoms with Gasteiger partial charge in [-0.1, -0.05) is 18.2 Å². The van der Waals surface area contributed by atoms with Crippen LogP contribution in [0.4, 0.5) is 5.69 Å². The Bertz CT molecular complexity index is 935. The highest BCUT2D eigenvalue weighted by Gasteiger charge is 2.28. The zero-order chi connectivity index (χ0) is 19.7. The monoisotopic (exact) mass is 378 g/mol. The zero-order valence-corrected chi connectivity index (χ0v) is 15.8. The molecule has 1 aromatic carbocycles. The summed E-state index contributed by atoms with van der Waals surface area (Å²) in [5.41, 5.74) is 2.77. The number of nitrogens with zero attached hydrogens (tertiary/aromatic N) is 4. The van der Waals surface area contributed by atoms with Crippen molar-refractivity contribution in [2.24, 2.45) is 0 Å². The number of rotatable bonds is 2. The number of pyridine rings is 1. The Labute approximate surface area is 163 Å². The van der Waals surface area contributed by atoms with Crippen LogP contribution in [-0.4, -0.2) is 65.2 Å². The molecule has 0 aliphatic carbocycles. The van der Waals surface area contributed by atoms with Gasteiger partial charge in [0.1, 0.15) is 5.69 Å². The molecule has 28 heavy (non-hydrogen) atoms. The van der Waals surface area contributed by atoms with Crippen molar-refractivity contribution in [2.75, 3.05) is 37.6 Å². The van der Waals surface area contributed by atoms with Gasteiger partial charge in [0.25, 0.3) is 11.8 Å². The molecule has 0 atom stereocenters. The molecule has 1 aromatic heterocycles. The van der Waals surface area contributed by atoms with Gasteiger partial charge in [-0.2, -0.15) is 0 Å². The first-order chi connectivity index (χ1) is 13.5. The second kappa shape index (κ2) is 7.42. The topological polar surface area (TPSA) is 73.8 Å². The van der Waals surface area contributed by atoms with Crippen molar-refractivity contribution in [3.05, 3.63) is 59.4 Å². The van der Waals surface area contributed by atoms with E-state index in [9.17, 15) is 14.4 Å². The minimum atomic E-state index is -0.194. The fourth-order valence-corrected chi connectivity index (χ4v) is 3.78. The third-order valence-corrected chi connectivity index (χ3v) is 5.37. The van der Waals surface area contributed by atoms with Gasteiger partial charge in [-0.25, -0.2) is 0 Å². The number of aromatic nitrogens is 1. The van der Waals surface area contributed by atoms with E-state index in [1.807, 2.05) is 24.3 Å². The van der Waals surface area contributed by atoms with E-state index < -0.39 is 0 Å². The van der Waals surface area contributed by atoms with Gasteiger partial charge in [0.05, 0.1) is 0 Å². The molecule has 7 nitrogen and oxygen atoms in total. The van der Waals surface area contributed by atoms with Crippen LogP contribution in [0.5, 0.6) is 0 Å². The number of hydrogen-bond donors (Lipinski definition) is 0. The average Bonchev–Trinajstić information content (AvgIpc) is 3.17. The summed E-state index contributed by atoms with van der Waals surface area (Å²) in [6.07, 6.45) is 2.33. The fourth-order valence-electron chi connectivity index (χ4n) is 3.78. The molecule has 0 saturated carbocycles. The minimum Gasteiger partial charge on any atom is -0.339 e. The molecule has 4 rings (SSSR count). The summed E-state index contributed by atoms with van der Waals surface area (Å²) < 4.78 is 0. The summed E-state index contributed by atoms with van der Waals surface area (Å²) in [6, 6.07) is 11.0. The van der Waals surface area contributed by atoms with Crippen LogP contribution in [-0.2, 0) is 11.2 Å². The van der Waals surface area contributed by atoms with Gasteiger partial charge in [-0.15, -0.1) is 0 Å². The molecule has 7 heteroatoms. The first-order valence-electron chi connectivity index (χ1n) is 9.45. The molecule has 3 amide bonds. The summed E-state index contributed by atoms with van der Waals surface area (Å²) in [4.78, 5) is 46.6. The lowest BCUT2D eigenvalue weighted by atomic mass is 10.1. The number of para-hydroxylation sites is 1. The van der Waals surface area contributed by atoms with Crippen molar-refractivity contribution >= 4 is 23.4 Å². The zero-order valence-electron chi connectivity index (χ0n) is 15.8. The average molecular weight is 378 g/mol. The van der Waals surface area contributed by atoms with Crippen LogP contribution < -0.4 is 4.90 Å². The number of piperazine rings is 1. The van der Waals surface area contributed by atoms with Crippen LogP contribution in [0.15, 0.2) is 42.6 Å². The van der Waals surface area contributed by atoms with Crippen LogP contribution >= 0.6 is 0 Å². The number of anilines is 1. The highest BCUT2D eigenvalue weighted by Crippen LogP contribution is 2.28. The number of hydrogen-bond acceptors (Lipinski definition) is 4. The molecule has 2 aliphatic heterocycles. The molecule has 2 aromatic rings. The SMILES string of the molecule is CC(=O)N1CCN(C(=O)c2ccnc(C(=O)N3CCc4ccccc43)c2)CC1. The smallest absolute Gasteiger partial charge is 0.276 e. The maximum atomic E-state index is 13.0. The Hall–Kier alpha value is -3.22. The number of amides is 3. The standard InChI is InChI=1S/C21H22N4O3/c1-15(26)23-10-12-24(13-11-23)20(27)17-6-8-22-18(14-17)21(28)25-9-7-16-4-2-3-5-19(16)25/h2-6,8,14H,7,9-13H2,1H3. The molecule has 1 saturated heterocycles. The van der Waals surface area contributed by atoms with E-state index in [1.165, 1.54) is 13.1 Å². The third kappa shape index (κ3) is 3.35. The summed E-state index contributed by atoms with van der Waals surface area (Å²) in [6.45, 7) is 4.19. The first kappa shape index (κ1) is 18.2. The molecule has 2 aliphatic rings. The fraction of sp³-hybridized carbons (Fsp3) is 0.333. The normalized spacial score (nSPS) is 16.1. The van der Waals surface area contributed by atoms with E-state index in [0.717, 1.165) is 17.7 Å². The third-order valence-electron chi connectivity index (χ3n) is 5.37. The molecule has 0 radical (unpaired) electrons. The molecular formula is C21H22N4O3. The maximum Gasteiger partial charge on any atom is 0.276 e. The van der Waals surface area contributed by atoms with Gasteiger partial charge in [-0.3, -0.25) is 19.4 Å². The second-order valence-corrected chi connectivity index (χ2v) is 7.06. The van der Waals surface area contributed by atoms with E-state index in [-0.39, 0.29) is 23.4 Å². The lowest BCUT2D eigenvalue weighted by Gasteiger charge is -2.34. The highest BCUT2D eigenvalue weighted by molar-refractivity contribution is 6.07. The largest absolute Gasteiger partial charge is 0.339 e. The maximum absolute atomic E-state index is 13.0. The Morgan fingerprint density at radius 3 is 2.36 bits per heavy atom. The lowest BCUT2D eigenvalue weighted by Crippen LogP contribution is -2.50. The number of carbonyl (C=O) groups is 3. The molecular weight excluding hydrogens is 356 g/mol. The molecule has 1 fully saturated rings. The van der Waals surface area contributed by atoms with Gasteiger partial charge in [0.15, 0.2) is 0 Å². The van der Waals surface area contributed by atoms with Crippen LogP contribution in [0.25, 0.3) is 0 Å². The van der Waals surface area contributed by atoms with Crippen LogP contribution in [0.1, 0.15) is 33.3 Å². The van der Waals surface area contributed by atoms with Crippen molar-refractivity contribution in [1.82, 2.24) is 14.8 Å². The van der Waals surface area contributed by atoms with Crippen molar-refractivity contribution in [1.29, 1.82) is 0 Å². The number of carbonyl (C=O) groups excluding carboxylic acids is 3. The van der Waals surface area contributed by atoms with E-state index in [4.69, 9.17) is 0 Å². The summed E-state index contributed by atoms with van der Waals surface area (Å²) in [7, 11) is 0. The van der Waals surface area contributed by atoms with Gasteiger partial charge in [0, 0.05) is 57.1 Å². The van der Waals surface area contributed by atoms with E-state index in [2.05, 4.69) is 4.98 Å². The minimum absolute atomic E-state index is 0.0230. The summed E-state index contributed by atoms with van der Waals surface area (Å²) in [5, 5.41) is 0. The predicted octanol–water partition coefficient (Wildman–Crippen LogP) is 1.59. The Balaban J connectivity index is 1.50. The number of fused-ring (bicyclic) bond motifs is 1. The first-order valence-corrected chi connectivity index (χ1v) is 9.45. The van der Waals surface area contributed by atoms with Gasteiger partial charge in [-0.05, 0) is 30.2 Å². The molecule has 0 unspecified atom stereocenters. The second-order valence-electron chi connectivity index (χ2n) is 7.06. The van der Waals surface area contributed by atoms with Gasteiger partial charge >= 0.3 is 0 Å². The predicted molar refractivity (Wildman–Crippen MR) is 104 cm³/mol. The van der Waals surface area contributed by atoms with Crippen molar-refractivity contribution in [3.63, 3.8) is 0 Å². The van der Waals surface area contributed by atoms with Gasteiger partial charge in [0.2, 0.25) is 5.91 Å². The van der Waals surface area contributed by atoms with Crippen LogP contribution in [0.3, 0.4) is 0 Å². The molecule has 144 valence electrons. The Morgan fingerprint density at radius 1 is 0.893 bits per heavy atom. The van der Waals surface area contributed by atoms with Gasteiger partial charge < -0.3 is 14.7 Å². The molecule has 0 N–H and O–H groups in total. The molecule has 0 bridgehead atoms. The van der Waals surface area contributed by atoms with Crippen molar-refractivity contribution < 1.29 is 14.4 Å². The lowest BCUT2D eigenvalue weighted by molar-refractivity contribution is -0.130. The Morgan fingerprint density at radius 2 is 1.61 bits per heavy atom. The molecule has 0 spiro atoms. The summed E-state index contributed by atoms with van der Waals surface area (Å²) in [5.74, 6) is -0.308. The summed E-state index contributed by atoms with van der Waals surface area (Å²) >= 11 is 0. The van der Waals surface area contributed by atoms with E-state index >= 15 is 0 Å². The van der Waals surface area contributed by atoms with Crippen LogP contribution in [0.2, 0.25) is 0 Å². The van der Waals surface area contributed by atoms with E-state index in [1.54, 1.807) is 26.8 Å². The molecule has 3 heterocycles. The van der Waals surface area contributed by atoms with Crippen molar-refractivity contribution in [3.8, 4) is 0 Å². The number of benzene rings is 1.